The van der Waals surface area contributed by atoms with Gasteiger partial charge in [-0.15, -0.1) is 0 Å². The lowest BCUT2D eigenvalue weighted by molar-refractivity contribution is -0.147. The molecule has 1 fully saturated rings. The van der Waals surface area contributed by atoms with Crippen molar-refractivity contribution in [1.82, 2.24) is 0 Å². The first-order valence-electron chi connectivity index (χ1n) is 4.50. The van der Waals surface area contributed by atoms with E-state index in [1.165, 1.54) is 14.2 Å². The molecular weight excluding hydrogens is 204 g/mol. The van der Waals surface area contributed by atoms with E-state index in [1.54, 1.807) is 0 Å². The first kappa shape index (κ1) is 10.3. The van der Waals surface area contributed by atoms with Gasteiger partial charge in [0.1, 0.15) is 12.9 Å². The summed E-state index contributed by atoms with van der Waals surface area (Å²) < 4.78 is 25.3. The highest BCUT2D eigenvalue weighted by molar-refractivity contribution is 5.89. The molecule has 0 aromatic heterocycles. The predicted molar refractivity (Wildman–Crippen MR) is 46.6 cm³/mol. The van der Waals surface area contributed by atoms with Crippen molar-refractivity contribution in [3.8, 4) is 0 Å². The van der Waals surface area contributed by atoms with Gasteiger partial charge in [-0.05, 0) is 0 Å². The molecule has 2 rings (SSSR count). The average Bonchev–Trinajstić information content (AvgIpc) is 2.83. The van der Waals surface area contributed by atoms with Gasteiger partial charge in [0.2, 0.25) is 5.76 Å². The highest BCUT2D eigenvalue weighted by atomic mass is 16.7. The van der Waals surface area contributed by atoms with Crippen LogP contribution in [0.2, 0.25) is 0 Å². The maximum absolute atomic E-state index is 11.4. The number of rotatable bonds is 3. The van der Waals surface area contributed by atoms with E-state index in [2.05, 4.69) is 0 Å². The zero-order chi connectivity index (χ0) is 10.8. The minimum Gasteiger partial charge on any atom is -0.493 e. The molecule has 6 heteroatoms. The van der Waals surface area contributed by atoms with Gasteiger partial charge >= 0.3 is 5.97 Å². The number of methoxy groups -OCH3 is 2. The van der Waals surface area contributed by atoms with Crippen LogP contribution in [0.5, 0.6) is 0 Å². The fourth-order valence-electron chi connectivity index (χ4n) is 1.61. The molecule has 0 aromatic rings. The third-order valence-electron chi connectivity index (χ3n) is 2.31. The largest absolute Gasteiger partial charge is 0.493 e. The molecule has 0 N–H and O–H groups in total. The molecule has 0 radical (unpaired) electrons. The Balaban J connectivity index is 2.20. The first-order valence-corrected chi connectivity index (χ1v) is 4.50. The van der Waals surface area contributed by atoms with Crippen molar-refractivity contribution in [2.45, 2.75) is 12.2 Å². The summed E-state index contributed by atoms with van der Waals surface area (Å²) >= 11 is 0. The number of ether oxygens (including phenoxy) is 5. The molecule has 0 spiro atoms. The first-order chi connectivity index (χ1) is 7.27. The van der Waals surface area contributed by atoms with Crippen LogP contribution in [0.4, 0.5) is 0 Å². The number of hydrogen-bond acceptors (Lipinski definition) is 6. The summed E-state index contributed by atoms with van der Waals surface area (Å²) in [6, 6.07) is 0. The van der Waals surface area contributed by atoms with Gasteiger partial charge in [-0.1, -0.05) is 0 Å². The second-order valence-corrected chi connectivity index (χ2v) is 3.12. The van der Waals surface area contributed by atoms with Gasteiger partial charge < -0.3 is 23.7 Å². The zero-order valence-corrected chi connectivity index (χ0v) is 8.52. The van der Waals surface area contributed by atoms with E-state index >= 15 is 0 Å². The third kappa shape index (κ3) is 1.66. The minimum atomic E-state index is -0.569. The van der Waals surface area contributed by atoms with Crippen molar-refractivity contribution in [2.24, 2.45) is 0 Å². The van der Waals surface area contributed by atoms with Crippen molar-refractivity contribution >= 4 is 5.97 Å². The van der Waals surface area contributed by atoms with Crippen LogP contribution >= 0.6 is 0 Å². The van der Waals surface area contributed by atoms with Crippen molar-refractivity contribution in [3.05, 3.63) is 11.5 Å². The van der Waals surface area contributed by atoms with E-state index in [4.69, 9.17) is 23.7 Å². The highest BCUT2D eigenvalue weighted by Crippen LogP contribution is 2.28. The zero-order valence-electron chi connectivity index (χ0n) is 8.52. The van der Waals surface area contributed by atoms with Crippen molar-refractivity contribution < 1.29 is 28.5 Å². The standard InChI is InChI=1S/C9H12O6/c1-11-7-6(5-3-13-4-14-5)15-9(10)8(7)12-2/h5-6H,3-4H2,1-2H3. The predicted octanol–water partition coefficient (Wildman–Crippen LogP) is -0.211. The molecule has 0 saturated carbocycles. The lowest BCUT2D eigenvalue weighted by atomic mass is 10.2. The number of cyclic esters (lactones) is 1. The van der Waals surface area contributed by atoms with Gasteiger partial charge in [0, 0.05) is 0 Å². The third-order valence-corrected chi connectivity index (χ3v) is 2.31. The van der Waals surface area contributed by atoms with E-state index in [9.17, 15) is 4.79 Å². The monoisotopic (exact) mass is 216 g/mol. The Kier molecular flexibility index (Phi) is 2.79. The maximum Gasteiger partial charge on any atom is 0.378 e. The Morgan fingerprint density at radius 1 is 1.33 bits per heavy atom. The van der Waals surface area contributed by atoms with Crippen LogP contribution < -0.4 is 0 Å². The fourth-order valence-corrected chi connectivity index (χ4v) is 1.61. The summed E-state index contributed by atoms with van der Waals surface area (Å²) in [5, 5.41) is 0. The van der Waals surface area contributed by atoms with E-state index in [0.29, 0.717) is 12.4 Å². The van der Waals surface area contributed by atoms with E-state index < -0.39 is 12.1 Å². The van der Waals surface area contributed by atoms with Crippen LogP contribution in [0.15, 0.2) is 11.5 Å². The molecular formula is C9H12O6. The summed E-state index contributed by atoms with van der Waals surface area (Å²) in [4.78, 5) is 11.4. The molecule has 0 amide bonds. The molecule has 0 aliphatic carbocycles. The molecule has 15 heavy (non-hydrogen) atoms. The summed E-state index contributed by atoms with van der Waals surface area (Å²) in [7, 11) is 2.85. The van der Waals surface area contributed by atoms with Crippen LogP contribution in [0.1, 0.15) is 0 Å². The molecule has 0 aromatic carbocycles. The summed E-state index contributed by atoms with van der Waals surface area (Å²) in [5.41, 5.74) is 0. The number of hydrogen-bond donors (Lipinski definition) is 0. The Hall–Kier alpha value is -1.27. The van der Waals surface area contributed by atoms with Gasteiger partial charge in [-0.25, -0.2) is 4.79 Å². The normalized spacial score (nSPS) is 30.7. The number of carbonyl (C=O) groups is 1. The van der Waals surface area contributed by atoms with Gasteiger partial charge in [-0.3, -0.25) is 0 Å². The Morgan fingerprint density at radius 3 is 2.67 bits per heavy atom. The Labute approximate surface area is 86.7 Å². The SMILES string of the molecule is COC1=C(OC)C(C2COCO2)OC1=O. The molecule has 2 unspecified atom stereocenters. The molecule has 2 aliphatic heterocycles. The summed E-state index contributed by atoms with van der Waals surface area (Å²) in [5.74, 6) is -0.0779. The Bertz CT molecular complexity index is 291. The molecule has 84 valence electrons. The molecule has 0 bridgehead atoms. The van der Waals surface area contributed by atoms with Crippen molar-refractivity contribution in [1.29, 1.82) is 0 Å². The van der Waals surface area contributed by atoms with Gasteiger partial charge in [0.05, 0.1) is 20.8 Å². The lowest BCUT2D eigenvalue weighted by Crippen LogP contribution is -2.31. The van der Waals surface area contributed by atoms with Crippen LogP contribution in [0.25, 0.3) is 0 Å². The van der Waals surface area contributed by atoms with E-state index in [1.807, 2.05) is 0 Å². The fraction of sp³-hybridized carbons (Fsp3) is 0.667. The topological polar surface area (TPSA) is 63.2 Å². The van der Waals surface area contributed by atoms with Crippen LogP contribution in [0.3, 0.4) is 0 Å². The molecule has 2 heterocycles. The summed E-state index contributed by atoms with van der Waals surface area (Å²) in [6.45, 7) is 0.583. The second-order valence-electron chi connectivity index (χ2n) is 3.12. The average molecular weight is 216 g/mol. The van der Waals surface area contributed by atoms with Gasteiger partial charge in [0.25, 0.3) is 0 Å². The van der Waals surface area contributed by atoms with Crippen LogP contribution in [-0.4, -0.2) is 45.8 Å². The Morgan fingerprint density at radius 2 is 2.13 bits per heavy atom. The number of carbonyl (C=O) groups excluding carboxylic acids is 1. The smallest absolute Gasteiger partial charge is 0.378 e. The highest BCUT2D eigenvalue weighted by Gasteiger charge is 2.43. The van der Waals surface area contributed by atoms with Crippen molar-refractivity contribution in [3.63, 3.8) is 0 Å². The summed E-state index contributed by atoms with van der Waals surface area (Å²) in [6.07, 6.45) is -0.892. The molecule has 2 aliphatic rings. The van der Waals surface area contributed by atoms with Gasteiger partial charge in [0.15, 0.2) is 11.9 Å². The lowest BCUT2D eigenvalue weighted by Gasteiger charge is -2.16. The molecule has 1 saturated heterocycles. The van der Waals surface area contributed by atoms with E-state index in [0.717, 1.165) is 0 Å². The quantitative estimate of drug-likeness (QED) is 0.608. The molecule has 6 nitrogen and oxygen atoms in total. The number of esters is 1. The maximum atomic E-state index is 11.4. The van der Waals surface area contributed by atoms with Crippen LogP contribution in [-0.2, 0) is 28.5 Å². The molecule has 2 atom stereocenters. The van der Waals surface area contributed by atoms with E-state index in [-0.39, 0.29) is 18.7 Å². The van der Waals surface area contributed by atoms with Crippen LogP contribution in [0, 0.1) is 0 Å². The van der Waals surface area contributed by atoms with Gasteiger partial charge in [-0.2, -0.15) is 0 Å². The minimum absolute atomic E-state index is 0.0954. The van der Waals surface area contributed by atoms with Crippen molar-refractivity contribution in [2.75, 3.05) is 27.6 Å². The second kappa shape index (κ2) is 4.08.